The molecule has 0 aliphatic carbocycles. The Bertz CT molecular complexity index is 431. The SMILES string of the molecule is CCCC(CCC)S(=O)(=O)c1ccc(N)cc1. The third-order valence-electron chi connectivity index (χ3n) is 2.87. The fraction of sp³-hybridized carbons (Fsp3) is 0.538. The number of hydrogen-bond donors (Lipinski definition) is 1. The first-order valence-electron chi connectivity index (χ1n) is 6.11. The molecule has 4 heteroatoms. The van der Waals surface area contributed by atoms with Crippen LogP contribution in [0.15, 0.2) is 29.2 Å². The molecule has 2 N–H and O–H groups in total. The topological polar surface area (TPSA) is 60.2 Å². The van der Waals surface area contributed by atoms with E-state index in [4.69, 9.17) is 5.73 Å². The van der Waals surface area contributed by atoms with Crippen molar-refractivity contribution in [1.82, 2.24) is 0 Å². The molecule has 0 fully saturated rings. The number of nitrogen functional groups attached to an aromatic ring is 1. The van der Waals surface area contributed by atoms with E-state index in [9.17, 15) is 8.42 Å². The van der Waals surface area contributed by atoms with Crippen molar-refractivity contribution in [3.63, 3.8) is 0 Å². The standard InChI is InChI=1S/C13H21NO2S/c1-3-5-12(6-4-2)17(15,16)13-9-7-11(14)8-10-13/h7-10,12H,3-6,14H2,1-2H3. The molecule has 17 heavy (non-hydrogen) atoms. The highest BCUT2D eigenvalue weighted by Gasteiger charge is 2.25. The zero-order valence-electron chi connectivity index (χ0n) is 10.5. The third-order valence-corrected chi connectivity index (χ3v) is 5.15. The van der Waals surface area contributed by atoms with E-state index in [1.54, 1.807) is 24.3 Å². The smallest absolute Gasteiger partial charge is 0.181 e. The van der Waals surface area contributed by atoms with Gasteiger partial charge in [-0.05, 0) is 37.1 Å². The van der Waals surface area contributed by atoms with Crippen LogP contribution >= 0.6 is 0 Å². The van der Waals surface area contributed by atoms with Crippen LogP contribution < -0.4 is 5.73 Å². The number of hydrogen-bond acceptors (Lipinski definition) is 3. The van der Waals surface area contributed by atoms with Crippen LogP contribution in [0.2, 0.25) is 0 Å². The maximum atomic E-state index is 12.4. The molecule has 0 bridgehead atoms. The van der Waals surface area contributed by atoms with E-state index >= 15 is 0 Å². The van der Waals surface area contributed by atoms with Crippen molar-refractivity contribution in [2.75, 3.05) is 5.73 Å². The third kappa shape index (κ3) is 3.46. The Morgan fingerprint density at radius 3 is 1.94 bits per heavy atom. The van der Waals surface area contributed by atoms with Crippen molar-refractivity contribution in [3.8, 4) is 0 Å². The Hall–Kier alpha value is -1.03. The Kier molecular flexibility index (Phi) is 5.00. The summed E-state index contributed by atoms with van der Waals surface area (Å²) in [7, 11) is -3.20. The predicted molar refractivity (Wildman–Crippen MR) is 71.6 cm³/mol. The van der Waals surface area contributed by atoms with Crippen LogP contribution in [0.5, 0.6) is 0 Å². The van der Waals surface area contributed by atoms with Gasteiger partial charge in [0.2, 0.25) is 0 Å². The first-order valence-corrected chi connectivity index (χ1v) is 7.66. The number of anilines is 1. The quantitative estimate of drug-likeness (QED) is 0.795. The van der Waals surface area contributed by atoms with Gasteiger partial charge in [-0.2, -0.15) is 0 Å². The lowest BCUT2D eigenvalue weighted by Gasteiger charge is -2.16. The summed E-state index contributed by atoms with van der Waals surface area (Å²) in [5.41, 5.74) is 6.16. The van der Waals surface area contributed by atoms with Gasteiger partial charge in [0.1, 0.15) is 0 Å². The second-order valence-electron chi connectivity index (χ2n) is 4.31. The molecule has 0 saturated carbocycles. The van der Waals surface area contributed by atoms with E-state index < -0.39 is 9.84 Å². The summed E-state index contributed by atoms with van der Waals surface area (Å²) in [4.78, 5) is 0.388. The predicted octanol–water partition coefficient (Wildman–Crippen LogP) is 3.01. The van der Waals surface area contributed by atoms with Crippen molar-refractivity contribution in [2.24, 2.45) is 0 Å². The average Bonchev–Trinajstić information content (AvgIpc) is 2.29. The van der Waals surface area contributed by atoms with Gasteiger partial charge in [0, 0.05) is 5.69 Å². The number of nitrogens with two attached hydrogens (primary N) is 1. The number of rotatable bonds is 6. The van der Waals surface area contributed by atoms with E-state index in [-0.39, 0.29) is 5.25 Å². The van der Waals surface area contributed by atoms with Gasteiger partial charge >= 0.3 is 0 Å². The molecule has 3 nitrogen and oxygen atoms in total. The fourth-order valence-electron chi connectivity index (χ4n) is 1.95. The largest absolute Gasteiger partial charge is 0.399 e. The molecule has 1 rings (SSSR count). The second kappa shape index (κ2) is 6.05. The second-order valence-corrected chi connectivity index (χ2v) is 6.54. The highest BCUT2D eigenvalue weighted by atomic mass is 32.2. The first kappa shape index (κ1) is 14.0. The fourth-order valence-corrected chi connectivity index (χ4v) is 3.94. The molecular weight excluding hydrogens is 234 g/mol. The van der Waals surface area contributed by atoms with Crippen molar-refractivity contribution in [3.05, 3.63) is 24.3 Å². The van der Waals surface area contributed by atoms with E-state index in [0.29, 0.717) is 10.6 Å². The van der Waals surface area contributed by atoms with Gasteiger partial charge in [0.25, 0.3) is 0 Å². The van der Waals surface area contributed by atoms with Crippen molar-refractivity contribution in [2.45, 2.75) is 49.7 Å². The zero-order valence-corrected chi connectivity index (χ0v) is 11.3. The van der Waals surface area contributed by atoms with Crippen LogP contribution in [0.25, 0.3) is 0 Å². The molecule has 0 saturated heterocycles. The van der Waals surface area contributed by atoms with E-state index in [1.807, 2.05) is 13.8 Å². The van der Waals surface area contributed by atoms with Crippen LogP contribution in [0, 0.1) is 0 Å². The van der Waals surface area contributed by atoms with E-state index in [1.165, 1.54) is 0 Å². The van der Waals surface area contributed by atoms with E-state index in [2.05, 4.69) is 0 Å². The molecule has 0 spiro atoms. The minimum Gasteiger partial charge on any atom is -0.399 e. The van der Waals surface area contributed by atoms with Gasteiger partial charge in [0.15, 0.2) is 9.84 Å². The van der Waals surface area contributed by atoms with Crippen molar-refractivity contribution < 1.29 is 8.42 Å². The van der Waals surface area contributed by atoms with E-state index in [0.717, 1.165) is 25.7 Å². The first-order chi connectivity index (χ1) is 8.02. The van der Waals surface area contributed by atoms with Gasteiger partial charge in [-0.1, -0.05) is 26.7 Å². The Labute approximate surface area is 104 Å². The van der Waals surface area contributed by atoms with Crippen LogP contribution in [0.1, 0.15) is 39.5 Å². The Morgan fingerprint density at radius 1 is 1.06 bits per heavy atom. The van der Waals surface area contributed by atoms with Crippen LogP contribution in [0.3, 0.4) is 0 Å². The Morgan fingerprint density at radius 2 is 1.53 bits per heavy atom. The summed E-state index contributed by atoms with van der Waals surface area (Å²) in [6.07, 6.45) is 3.22. The molecule has 0 unspecified atom stereocenters. The molecule has 96 valence electrons. The molecule has 0 radical (unpaired) electrons. The minimum atomic E-state index is -3.20. The van der Waals surface area contributed by atoms with Crippen LogP contribution in [0.4, 0.5) is 5.69 Å². The maximum Gasteiger partial charge on any atom is 0.181 e. The minimum absolute atomic E-state index is 0.263. The zero-order chi connectivity index (χ0) is 12.9. The van der Waals surface area contributed by atoms with Crippen molar-refractivity contribution >= 4 is 15.5 Å². The lowest BCUT2D eigenvalue weighted by Crippen LogP contribution is -2.21. The van der Waals surface area contributed by atoms with Crippen LogP contribution in [-0.2, 0) is 9.84 Å². The van der Waals surface area contributed by atoms with Gasteiger partial charge in [-0.25, -0.2) is 8.42 Å². The average molecular weight is 255 g/mol. The van der Waals surface area contributed by atoms with Crippen LogP contribution in [-0.4, -0.2) is 13.7 Å². The van der Waals surface area contributed by atoms with Gasteiger partial charge < -0.3 is 5.73 Å². The molecule has 0 amide bonds. The number of sulfone groups is 1. The normalized spacial score (nSPS) is 11.9. The van der Waals surface area contributed by atoms with Gasteiger partial charge in [0.05, 0.1) is 10.1 Å². The Balaban J connectivity index is 3.02. The molecule has 0 atom stereocenters. The molecule has 0 heterocycles. The molecule has 0 aliphatic rings. The highest BCUT2D eigenvalue weighted by Crippen LogP contribution is 2.23. The van der Waals surface area contributed by atoms with Crippen molar-refractivity contribution in [1.29, 1.82) is 0 Å². The van der Waals surface area contributed by atoms with Gasteiger partial charge in [-0.3, -0.25) is 0 Å². The summed E-state index contributed by atoms with van der Waals surface area (Å²) >= 11 is 0. The van der Waals surface area contributed by atoms with Gasteiger partial charge in [-0.15, -0.1) is 0 Å². The summed E-state index contributed by atoms with van der Waals surface area (Å²) in [5.74, 6) is 0. The highest BCUT2D eigenvalue weighted by molar-refractivity contribution is 7.92. The lowest BCUT2D eigenvalue weighted by atomic mass is 10.2. The molecule has 1 aromatic carbocycles. The molecule has 1 aromatic rings. The molecule has 0 aliphatic heterocycles. The monoisotopic (exact) mass is 255 g/mol. The summed E-state index contributed by atoms with van der Waals surface area (Å²) in [6, 6.07) is 6.48. The molecular formula is C13H21NO2S. The molecule has 0 aromatic heterocycles. The maximum absolute atomic E-state index is 12.4. The lowest BCUT2D eigenvalue weighted by molar-refractivity contribution is 0.555. The summed E-state index contributed by atoms with van der Waals surface area (Å²) in [6.45, 7) is 4.03. The number of benzene rings is 1. The summed E-state index contributed by atoms with van der Waals surface area (Å²) < 4.78 is 24.8. The summed E-state index contributed by atoms with van der Waals surface area (Å²) in [5, 5.41) is -0.263.